The third-order valence-electron chi connectivity index (χ3n) is 5.02. The minimum absolute atomic E-state index is 0.0224. The molecule has 0 spiro atoms. The molecule has 8 nitrogen and oxygen atoms in total. The number of ketones is 1. The van der Waals surface area contributed by atoms with Gasteiger partial charge in [0.15, 0.2) is 5.78 Å². The Kier molecular flexibility index (Phi) is 5.48. The Morgan fingerprint density at radius 2 is 1.79 bits per heavy atom. The maximum absolute atomic E-state index is 13.0. The van der Waals surface area contributed by atoms with E-state index in [4.69, 9.17) is 4.74 Å². The molecule has 2 aromatic rings. The van der Waals surface area contributed by atoms with Gasteiger partial charge in [-0.25, -0.2) is 4.79 Å². The second kappa shape index (κ2) is 7.84. The maximum Gasteiger partial charge on any atom is 0.326 e. The van der Waals surface area contributed by atoms with Gasteiger partial charge in [0.2, 0.25) is 0 Å². The number of likely N-dealkylation sites (tertiary alicyclic amines) is 1. The predicted molar refractivity (Wildman–Crippen MR) is 103 cm³/mol. The van der Waals surface area contributed by atoms with Crippen molar-refractivity contribution in [2.75, 3.05) is 20.2 Å². The van der Waals surface area contributed by atoms with Crippen LogP contribution in [0, 0.1) is 19.8 Å². The van der Waals surface area contributed by atoms with Crippen molar-refractivity contribution in [3.8, 4) is 5.75 Å². The lowest BCUT2D eigenvalue weighted by Crippen LogP contribution is -2.43. The molecular weight excluding hydrogens is 362 g/mol. The minimum atomic E-state index is -0.732. The van der Waals surface area contributed by atoms with Gasteiger partial charge in [-0.05, 0) is 49.9 Å². The van der Waals surface area contributed by atoms with Crippen molar-refractivity contribution < 1.29 is 14.3 Å². The molecular formula is C20H23N3O5. The normalized spacial score (nSPS) is 16.7. The van der Waals surface area contributed by atoms with Gasteiger partial charge in [0.1, 0.15) is 11.4 Å². The van der Waals surface area contributed by atoms with Gasteiger partial charge in [0, 0.05) is 30.6 Å². The number of rotatable bonds is 4. The van der Waals surface area contributed by atoms with Gasteiger partial charge in [-0.2, -0.15) is 0 Å². The monoisotopic (exact) mass is 385 g/mol. The largest absolute Gasteiger partial charge is 0.496 e. The number of amides is 1. The number of ether oxygens (including phenoxy) is 1. The van der Waals surface area contributed by atoms with Crippen LogP contribution in [0.15, 0.2) is 27.8 Å². The number of aryl methyl sites for hydroxylation is 2. The average molecular weight is 385 g/mol. The van der Waals surface area contributed by atoms with E-state index >= 15 is 0 Å². The Balaban J connectivity index is 1.81. The molecule has 0 radical (unpaired) electrons. The quantitative estimate of drug-likeness (QED) is 0.773. The van der Waals surface area contributed by atoms with E-state index < -0.39 is 17.2 Å². The van der Waals surface area contributed by atoms with Gasteiger partial charge in [-0.3, -0.25) is 19.4 Å². The van der Waals surface area contributed by atoms with Gasteiger partial charge in [0.05, 0.1) is 7.11 Å². The SMILES string of the molecule is COc1c(C)cc(C(=O)[C@@H]2CCCN(C(=O)c3cc(=O)[nH]c(=O)[nH]3)C2)cc1C. The summed E-state index contributed by atoms with van der Waals surface area (Å²) in [6.07, 6.45) is 1.35. The van der Waals surface area contributed by atoms with Crippen LogP contribution >= 0.6 is 0 Å². The van der Waals surface area contributed by atoms with Gasteiger partial charge in [0.25, 0.3) is 11.5 Å². The van der Waals surface area contributed by atoms with Crippen LogP contribution in [-0.2, 0) is 0 Å². The van der Waals surface area contributed by atoms with Crippen LogP contribution in [0.1, 0.15) is 44.8 Å². The van der Waals surface area contributed by atoms with E-state index in [1.807, 2.05) is 31.0 Å². The number of hydrogen-bond donors (Lipinski definition) is 2. The number of aromatic amines is 2. The molecule has 1 saturated heterocycles. The average Bonchev–Trinajstić information content (AvgIpc) is 2.66. The first-order valence-electron chi connectivity index (χ1n) is 9.12. The molecule has 2 N–H and O–H groups in total. The summed E-state index contributed by atoms with van der Waals surface area (Å²) in [5.41, 5.74) is 0.926. The number of benzene rings is 1. The van der Waals surface area contributed by atoms with Gasteiger partial charge >= 0.3 is 5.69 Å². The van der Waals surface area contributed by atoms with Crippen LogP contribution in [0.4, 0.5) is 0 Å². The van der Waals surface area contributed by atoms with Gasteiger partial charge in [-0.15, -0.1) is 0 Å². The summed E-state index contributed by atoms with van der Waals surface area (Å²) in [6.45, 7) is 4.50. The number of piperidine rings is 1. The minimum Gasteiger partial charge on any atom is -0.496 e. The number of carbonyl (C=O) groups excluding carboxylic acids is 2. The summed E-state index contributed by atoms with van der Waals surface area (Å²) in [5.74, 6) is -0.0533. The highest BCUT2D eigenvalue weighted by molar-refractivity contribution is 5.99. The Bertz CT molecular complexity index is 985. The van der Waals surface area contributed by atoms with E-state index in [2.05, 4.69) is 4.98 Å². The van der Waals surface area contributed by atoms with Crippen LogP contribution in [0.3, 0.4) is 0 Å². The van der Waals surface area contributed by atoms with E-state index in [1.165, 1.54) is 4.90 Å². The third kappa shape index (κ3) is 3.90. The Labute approximate surface area is 161 Å². The fourth-order valence-corrected chi connectivity index (χ4v) is 3.78. The maximum atomic E-state index is 13.0. The molecule has 1 aromatic carbocycles. The first kappa shape index (κ1) is 19.6. The van der Waals surface area contributed by atoms with Crippen molar-refractivity contribution in [2.45, 2.75) is 26.7 Å². The number of methoxy groups -OCH3 is 1. The number of Topliss-reactive ketones (excluding diaryl/α,β-unsaturated/α-hetero) is 1. The molecule has 1 aliphatic heterocycles. The Morgan fingerprint density at radius 1 is 1.11 bits per heavy atom. The summed E-state index contributed by atoms with van der Waals surface area (Å²) in [4.78, 5) is 54.5. The van der Waals surface area contributed by atoms with Crippen molar-refractivity contribution in [1.82, 2.24) is 14.9 Å². The zero-order valence-corrected chi connectivity index (χ0v) is 16.1. The van der Waals surface area contributed by atoms with Crippen LogP contribution in [-0.4, -0.2) is 46.8 Å². The number of nitrogens with one attached hydrogen (secondary N) is 2. The molecule has 1 aliphatic rings. The van der Waals surface area contributed by atoms with Gasteiger partial charge < -0.3 is 14.6 Å². The van der Waals surface area contributed by atoms with Crippen molar-refractivity contribution in [3.63, 3.8) is 0 Å². The molecule has 148 valence electrons. The standard InChI is InChI=1S/C20H23N3O5/c1-11-7-14(8-12(2)18(11)28-3)17(25)13-5-4-6-23(10-13)19(26)15-9-16(24)22-20(27)21-15/h7-9,13H,4-6,10H2,1-3H3,(H2,21,22,24,27)/t13-/m1/s1. The summed E-state index contributed by atoms with van der Waals surface area (Å²) in [7, 11) is 1.60. The number of nitrogens with zero attached hydrogens (tertiary/aromatic N) is 1. The highest BCUT2D eigenvalue weighted by atomic mass is 16.5. The number of aromatic nitrogens is 2. The first-order chi connectivity index (χ1) is 13.3. The fourth-order valence-electron chi connectivity index (χ4n) is 3.78. The van der Waals surface area contributed by atoms with E-state index in [9.17, 15) is 19.2 Å². The van der Waals surface area contributed by atoms with Crippen molar-refractivity contribution in [2.24, 2.45) is 5.92 Å². The molecule has 0 bridgehead atoms. The van der Waals surface area contributed by atoms with Crippen LogP contribution in [0.25, 0.3) is 0 Å². The van der Waals surface area contributed by atoms with E-state index in [0.29, 0.717) is 24.9 Å². The molecule has 0 aliphatic carbocycles. The summed E-state index contributed by atoms with van der Waals surface area (Å²) in [5, 5.41) is 0. The molecule has 1 aromatic heterocycles. The van der Waals surface area contributed by atoms with Crippen molar-refractivity contribution in [1.29, 1.82) is 0 Å². The topological polar surface area (TPSA) is 112 Å². The molecule has 1 atom stereocenters. The number of H-pyrrole nitrogens is 2. The molecule has 3 rings (SSSR count). The van der Waals surface area contributed by atoms with Crippen LogP contribution in [0.5, 0.6) is 5.75 Å². The summed E-state index contributed by atoms with van der Waals surface area (Å²) >= 11 is 0. The van der Waals surface area contributed by atoms with Crippen molar-refractivity contribution in [3.05, 3.63) is 61.4 Å². The Hall–Kier alpha value is -3.16. The molecule has 28 heavy (non-hydrogen) atoms. The number of hydrogen-bond acceptors (Lipinski definition) is 5. The lowest BCUT2D eigenvalue weighted by atomic mass is 9.88. The van der Waals surface area contributed by atoms with E-state index in [-0.39, 0.29) is 23.9 Å². The van der Waals surface area contributed by atoms with E-state index in [0.717, 1.165) is 22.9 Å². The second-order valence-electron chi connectivity index (χ2n) is 7.10. The molecule has 1 amide bonds. The molecule has 1 fully saturated rings. The summed E-state index contributed by atoms with van der Waals surface area (Å²) in [6, 6.07) is 4.68. The molecule has 8 heteroatoms. The number of carbonyl (C=O) groups is 2. The highest BCUT2D eigenvalue weighted by Gasteiger charge is 2.30. The van der Waals surface area contributed by atoms with Gasteiger partial charge in [-0.1, -0.05) is 0 Å². The predicted octanol–water partition coefficient (Wildman–Crippen LogP) is 1.42. The Morgan fingerprint density at radius 3 is 2.39 bits per heavy atom. The van der Waals surface area contributed by atoms with Crippen LogP contribution in [0.2, 0.25) is 0 Å². The zero-order valence-electron chi connectivity index (χ0n) is 16.1. The lowest BCUT2D eigenvalue weighted by molar-refractivity contribution is 0.0631. The molecule has 0 unspecified atom stereocenters. The fraction of sp³-hybridized carbons (Fsp3) is 0.400. The van der Waals surface area contributed by atoms with E-state index in [1.54, 1.807) is 7.11 Å². The smallest absolute Gasteiger partial charge is 0.326 e. The lowest BCUT2D eigenvalue weighted by Gasteiger charge is -2.32. The first-order valence-corrected chi connectivity index (χ1v) is 9.12. The molecule has 0 saturated carbocycles. The highest BCUT2D eigenvalue weighted by Crippen LogP contribution is 2.28. The molecule has 2 heterocycles. The summed E-state index contributed by atoms with van der Waals surface area (Å²) < 4.78 is 5.35. The van der Waals surface area contributed by atoms with Crippen LogP contribution < -0.4 is 16.0 Å². The van der Waals surface area contributed by atoms with Crippen molar-refractivity contribution >= 4 is 11.7 Å². The zero-order chi connectivity index (χ0) is 20.4. The third-order valence-corrected chi connectivity index (χ3v) is 5.02. The second-order valence-corrected chi connectivity index (χ2v) is 7.10.